The minimum Gasteiger partial charge on any atom is -0.491 e. The van der Waals surface area contributed by atoms with Crippen molar-refractivity contribution in [2.75, 3.05) is 12.4 Å². The van der Waals surface area contributed by atoms with Crippen LogP contribution in [0.5, 0.6) is 5.75 Å². The molecule has 3 aromatic rings. The lowest BCUT2D eigenvalue weighted by molar-refractivity contribution is 0.126. The maximum Gasteiger partial charge on any atom is 0.191 e. The highest BCUT2D eigenvalue weighted by atomic mass is 32.2. The Bertz CT molecular complexity index is 836. The zero-order valence-electron chi connectivity index (χ0n) is 15.0. The number of benzene rings is 2. The number of aromatic nitrogens is 3. The number of rotatable bonds is 8. The lowest BCUT2D eigenvalue weighted by Gasteiger charge is -2.13. The van der Waals surface area contributed by atoms with Gasteiger partial charge in [0.15, 0.2) is 11.0 Å². The summed E-state index contributed by atoms with van der Waals surface area (Å²) in [5.41, 5.74) is 2.17. The van der Waals surface area contributed by atoms with Crippen LogP contribution in [-0.4, -0.2) is 38.3 Å². The van der Waals surface area contributed by atoms with E-state index < -0.39 is 6.10 Å². The van der Waals surface area contributed by atoms with Crippen molar-refractivity contribution < 1.29 is 9.84 Å². The summed E-state index contributed by atoms with van der Waals surface area (Å²) in [6, 6.07) is 17.8. The molecule has 0 aliphatic carbocycles. The van der Waals surface area contributed by atoms with Gasteiger partial charge in [-0.2, -0.15) is 0 Å². The highest BCUT2D eigenvalue weighted by molar-refractivity contribution is 7.99. The number of aliphatic hydroxyl groups is 1. The van der Waals surface area contributed by atoms with Gasteiger partial charge in [0.2, 0.25) is 0 Å². The van der Waals surface area contributed by atoms with Crippen molar-refractivity contribution >= 4 is 11.8 Å². The molecule has 5 nitrogen and oxygen atoms in total. The second-order valence-electron chi connectivity index (χ2n) is 6.01. The topological polar surface area (TPSA) is 60.2 Å². The number of hydrogen-bond acceptors (Lipinski definition) is 5. The lowest BCUT2D eigenvalue weighted by Crippen LogP contribution is -2.20. The Balaban J connectivity index is 1.58. The van der Waals surface area contributed by atoms with Crippen LogP contribution in [0.2, 0.25) is 0 Å². The van der Waals surface area contributed by atoms with E-state index in [0.29, 0.717) is 5.75 Å². The fourth-order valence-electron chi connectivity index (χ4n) is 2.60. The van der Waals surface area contributed by atoms with Crippen molar-refractivity contribution in [2.24, 2.45) is 0 Å². The SMILES string of the molecule is CCn1c(SC[C@H](O)COc2cccc(C)c2)nnc1-c1ccccc1. The molecule has 1 aromatic heterocycles. The molecule has 136 valence electrons. The molecule has 0 bridgehead atoms. The summed E-state index contributed by atoms with van der Waals surface area (Å²) in [6.07, 6.45) is -0.581. The van der Waals surface area contributed by atoms with Gasteiger partial charge in [-0.15, -0.1) is 10.2 Å². The van der Waals surface area contributed by atoms with Gasteiger partial charge in [0, 0.05) is 17.9 Å². The molecule has 26 heavy (non-hydrogen) atoms. The van der Waals surface area contributed by atoms with Gasteiger partial charge < -0.3 is 14.4 Å². The summed E-state index contributed by atoms with van der Waals surface area (Å²) in [5.74, 6) is 2.12. The molecule has 0 aliphatic heterocycles. The molecule has 0 radical (unpaired) electrons. The van der Waals surface area contributed by atoms with E-state index >= 15 is 0 Å². The van der Waals surface area contributed by atoms with Gasteiger partial charge in [-0.05, 0) is 31.5 Å². The monoisotopic (exact) mass is 369 g/mol. The van der Waals surface area contributed by atoms with E-state index in [0.717, 1.165) is 34.4 Å². The zero-order chi connectivity index (χ0) is 18.4. The van der Waals surface area contributed by atoms with E-state index in [1.807, 2.05) is 61.5 Å². The van der Waals surface area contributed by atoms with Crippen molar-refractivity contribution in [1.29, 1.82) is 0 Å². The Labute approximate surface area is 158 Å². The van der Waals surface area contributed by atoms with Crippen LogP contribution in [0.25, 0.3) is 11.4 Å². The summed E-state index contributed by atoms with van der Waals surface area (Å²) < 4.78 is 7.73. The average Bonchev–Trinajstić information content (AvgIpc) is 3.08. The number of hydrogen-bond donors (Lipinski definition) is 1. The van der Waals surface area contributed by atoms with Gasteiger partial charge in [-0.1, -0.05) is 54.2 Å². The largest absolute Gasteiger partial charge is 0.491 e. The van der Waals surface area contributed by atoms with Crippen LogP contribution in [0, 0.1) is 6.92 Å². The summed E-state index contributed by atoms with van der Waals surface area (Å²) >= 11 is 1.49. The first kappa shape index (κ1) is 18.5. The van der Waals surface area contributed by atoms with Crippen LogP contribution in [0.3, 0.4) is 0 Å². The van der Waals surface area contributed by atoms with E-state index in [1.54, 1.807) is 0 Å². The third kappa shape index (κ3) is 4.65. The third-order valence-electron chi connectivity index (χ3n) is 3.90. The number of aryl methyl sites for hydroxylation is 1. The molecule has 0 fully saturated rings. The quantitative estimate of drug-likeness (QED) is 0.612. The van der Waals surface area contributed by atoms with Gasteiger partial charge in [-0.3, -0.25) is 0 Å². The Morgan fingerprint density at radius 2 is 1.92 bits per heavy atom. The summed E-state index contributed by atoms with van der Waals surface area (Å²) in [4.78, 5) is 0. The molecule has 6 heteroatoms. The minimum absolute atomic E-state index is 0.252. The molecular formula is C20H23N3O2S. The molecule has 2 aromatic carbocycles. The second-order valence-corrected chi connectivity index (χ2v) is 7.00. The molecular weight excluding hydrogens is 346 g/mol. The molecule has 1 atom stereocenters. The molecule has 0 unspecified atom stereocenters. The first-order valence-corrected chi connectivity index (χ1v) is 9.65. The predicted octanol–water partition coefficient (Wildman–Crippen LogP) is 3.81. The number of thioether (sulfide) groups is 1. The van der Waals surface area contributed by atoms with E-state index in [9.17, 15) is 5.11 Å². The van der Waals surface area contributed by atoms with E-state index in [-0.39, 0.29) is 6.61 Å². The van der Waals surface area contributed by atoms with Crippen LogP contribution in [0.4, 0.5) is 0 Å². The van der Waals surface area contributed by atoms with Gasteiger partial charge in [0.05, 0.1) is 6.10 Å². The minimum atomic E-state index is -0.581. The highest BCUT2D eigenvalue weighted by Crippen LogP contribution is 2.24. The maximum absolute atomic E-state index is 10.2. The van der Waals surface area contributed by atoms with Gasteiger partial charge in [0.25, 0.3) is 0 Å². The fourth-order valence-corrected chi connectivity index (χ4v) is 3.51. The van der Waals surface area contributed by atoms with Crippen molar-refractivity contribution in [1.82, 2.24) is 14.8 Å². The Kier molecular flexibility index (Phi) is 6.30. The van der Waals surface area contributed by atoms with Crippen LogP contribution in [0.1, 0.15) is 12.5 Å². The Hall–Kier alpha value is -2.31. The first-order chi connectivity index (χ1) is 12.7. The fraction of sp³-hybridized carbons (Fsp3) is 0.300. The van der Waals surface area contributed by atoms with Crippen molar-refractivity contribution in [3.63, 3.8) is 0 Å². The van der Waals surface area contributed by atoms with Crippen molar-refractivity contribution in [2.45, 2.75) is 31.7 Å². The molecule has 0 saturated carbocycles. The number of ether oxygens (including phenoxy) is 1. The van der Waals surface area contributed by atoms with Crippen LogP contribution >= 0.6 is 11.8 Å². The summed E-state index contributed by atoms with van der Waals surface area (Å²) in [6.45, 7) is 5.11. The smallest absolute Gasteiger partial charge is 0.191 e. The molecule has 0 spiro atoms. The number of nitrogens with zero attached hydrogens (tertiary/aromatic N) is 3. The van der Waals surface area contributed by atoms with Crippen LogP contribution in [0.15, 0.2) is 59.8 Å². The highest BCUT2D eigenvalue weighted by Gasteiger charge is 2.15. The molecule has 0 aliphatic rings. The normalized spacial score (nSPS) is 12.1. The summed E-state index contributed by atoms with van der Waals surface area (Å²) in [7, 11) is 0. The van der Waals surface area contributed by atoms with Gasteiger partial charge in [0.1, 0.15) is 12.4 Å². The zero-order valence-corrected chi connectivity index (χ0v) is 15.8. The standard InChI is InChI=1S/C20H23N3O2S/c1-3-23-19(16-9-5-4-6-10-16)21-22-20(23)26-14-17(24)13-25-18-11-7-8-15(2)12-18/h4-12,17,24H,3,13-14H2,1-2H3/t17-/m1/s1. The van der Waals surface area contributed by atoms with Crippen LogP contribution in [-0.2, 0) is 6.54 Å². The summed E-state index contributed by atoms with van der Waals surface area (Å²) in [5, 5.41) is 19.6. The average molecular weight is 369 g/mol. The van der Waals surface area contributed by atoms with Crippen LogP contribution < -0.4 is 4.74 Å². The molecule has 1 N–H and O–H groups in total. The molecule has 3 rings (SSSR count). The molecule has 0 saturated heterocycles. The predicted molar refractivity (Wildman–Crippen MR) is 105 cm³/mol. The number of aliphatic hydroxyl groups excluding tert-OH is 1. The third-order valence-corrected chi connectivity index (χ3v) is 5.01. The van der Waals surface area contributed by atoms with E-state index in [4.69, 9.17) is 4.74 Å². The van der Waals surface area contributed by atoms with Gasteiger partial charge in [-0.25, -0.2) is 0 Å². The maximum atomic E-state index is 10.2. The first-order valence-electron chi connectivity index (χ1n) is 8.66. The Morgan fingerprint density at radius 1 is 1.12 bits per heavy atom. The van der Waals surface area contributed by atoms with Crippen molar-refractivity contribution in [3.05, 3.63) is 60.2 Å². The van der Waals surface area contributed by atoms with Gasteiger partial charge >= 0.3 is 0 Å². The molecule has 1 heterocycles. The molecule has 0 amide bonds. The van der Waals surface area contributed by atoms with Crippen molar-refractivity contribution in [3.8, 4) is 17.1 Å². The van der Waals surface area contributed by atoms with E-state index in [2.05, 4.69) is 21.7 Å². The Morgan fingerprint density at radius 3 is 2.65 bits per heavy atom. The van der Waals surface area contributed by atoms with E-state index in [1.165, 1.54) is 11.8 Å². The second kappa shape index (κ2) is 8.87. The lowest BCUT2D eigenvalue weighted by atomic mass is 10.2.